The number of H-pyrrole nitrogens is 1. The van der Waals surface area contributed by atoms with E-state index in [2.05, 4.69) is 4.98 Å². The highest BCUT2D eigenvalue weighted by molar-refractivity contribution is 5.87. The minimum atomic E-state index is -0.461. The van der Waals surface area contributed by atoms with Crippen molar-refractivity contribution in [3.05, 3.63) is 54.1 Å². The number of para-hydroxylation sites is 1. The van der Waals surface area contributed by atoms with E-state index in [1.165, 1.54) is 12.1 Å². The fraction of sp³-hybridized carbons (Fsp3) is 0.154. The maximum atomic E-state index is 13.2. The van der Waals surface area contributed by atoms with Gasteiger partial charge in [0, 0.05) is 6.20 Å². The first-order valence-electron chi connectivity index (χ1n) is 5.45. The Kier molecular flexibility index (Phi) is 3.96. The van der Waals surface area contributed by atoms with Crippen molar-refractivity contribution in [2.24, 2.45) is 0 Å². The van der Waals surface area contributed by atoms with Crippen LogP contribution < -0.4 is 4.74 Å². The Labute approximate surface area is 103 Å². The predicted molar refractivity (Wildman–Crippen MR) is 63.0 cm³/mol. The van der Waals surface area contributed by atoms with E-state index in [9.17, 15) is 9.18 Å². The third kappa shape index (κ3) is 3.10. The van der Waals surface area contributed by atoms with Crippen LogP contribution in [0, 0.1) is 5.82 Å². The van der Waals surface area contributed by atoms with E-state index in [1.54, 1.807) is 30.5 Å². The van der Waals surface area contributed by atoms with Gasteiger partial charge < -0.3 is 14.5 Å². The van der Waals surface area contributed by atoms with Gasteiger partial charge in [0.25, 0.3) is 0 Å². The van der Waals surface area contributed by atoms with Crippen LogP contribution in [0.4, 0.5) is 4.39 Å². The van der Waals surface area contributed by atoms with E-state index in [0.717, 1.165) is 0 Å². The molecule has 0 amide bonds. The fourth-order valence-electron chi connectivity index (χ4n) is 1.38. The summed E-state index contributed by atoms with van der Waals surface area (Å²) in [6, 6.07) is 9.38. The van der Waals surface area contributed by atoms with Crippen molar-refractivity contribution in [3.63, 3.8) is 0 Å². The lowest BCUT2D eigenvalue weighted by atomic mass is 10.3. The topological polar surface area (TPSA) is 51.3 Å². The Hall–Kier alpha value is -2.30. The van der Waals surface area contributed by atoms with Gasteiger partial charge in [-0.05, 0) is 24.3 Å². The van der Waals surface area contributed by atoms with Crippen LogP contribution in [-0.4, -0.2) is 24.2 Å². The smallest absolute Gasteiger partial charge is 0.354 e. The molecule has 1 heterocycles. The van der Waals surface area contributed by atoms with Crippen LogP contribution in [0.25, 0.3) is 0 Å². The van der Waals surface area contributed by atoms with Gasteiger partial charge >= 0.3 is 5.97 Å². The summed E-state index contributed by atoms with van der Waals surface area (Å²) in [5.74, 6) is -0.751. The molecule has 2 aromatic rings. The van der Waals surface area contributed by atoms with E-state index in [1.807, 2.05) is 0 Å². The molecule has 1 N–H and O–H groups in total. The lowest BCUT2D eigenvalue weighted by Crippen LogP contribution is -2.13. The van der Waals surface area contributed by atoms with E-state index in [4.69, 9.17) is 9.47 Å². The number of halogens is 1. The second-order valence-corrected chi connectivity index (χ2v) is 3.50. The number of carbonyl (C=O) groups excluding carboxylic acids is 1. The number of esters is 1. The third-order valence-corrected chi connectivity index (χ3v) is 2.23. The average Bonchev–Trinajstić information content (AvgIpc) is 2.90. The van der Waals surface area contributed by atoms with E-state index >= 15 is 0 Å². The highest BCUT2D eigenvalue weighted by Crippen LogP contribution is 2.14. The number of nitrogens with one attached hydrogen (secondary N) is 1. The molecule has 0 aliphatic heterocycles. The summed E-state index contributed by atoms with van der Waals surface area (Å²) in [6.45, 7) is 0.166. The van der Waals surface area contributed by atoms with Crippen LogP contribution >= 0.6 is 0 Å². The predicted octanol–water partition coefficient (Wildman–Crippen LogP) is 2.39. The fourth-order valence-corrected chi connectivity index (χ4v) is 1.38. The maximum Gasteiger partial charge on any atom is 0.354 e. The number of benzene rings is 1. The Balaban J connectivity index is 1.74. The van der Waals surface area contributed by atoms with Gasteiger partial charge in [-0.25, -0.2) is 9.18 Å². The largest absolute Gasteiger partial charge is 0.487 e. The first kappa shape index (κ1) is 12.2. The van der Waals surface area contributed by atoms with E-state index in [0.29, 0.717) is 5.69 Å². The van der Waals surface area contributed by atoms with Crippen LogP contribution in [0.15, 0.2) is 42.6 Å². The summed E-state index contributed by atoms with van der Waals surface area (Å²) in [6.07, 6.45) is 1.63. The molecule has 94 valence electrons. The van der Waals surface area contributed by atoms with Crippen LogP contribution in [-0.2, 0) is 4.74 Å². The maximum absolute atomic E-state index is 13.2. The molecule has 4 nitrogen and oxygen atoms in total. The first-order chi connectivity index (χ1) is 8.77. The Morgan fingerprint density at radius 3 is 2.72 bits per heavy atom. The Morgan fingerprint density at radius 1 is 1.17 bits per heavy atom. The molecule has 0 radical (unpaired) electrons. The zero-order chi connectivity index (χ0) is 12.8. The number of aromatic amines is 1. The molecule has 5 heteroatoms. The second kappa shape index (κ2) is 5.86. The molecule has 0 atom stereocenters. The average molecular weight is 249 g/mol. The Morgan fingerprint density at radius 2 is 2.00 bits per heavy atom. The van der Waals surface area contributed by atoms with Crippen molar-refractivity contribution in [1.29, 1.82) is 0 Å². The molecule has 0 spiro atoms. The number of aromatic nitrogens is 1. The molecule has 0 bridgehead atoms. The number of ether oxygens (including phenoxy) is 2. The van der Waals surface area contributed by atoms with Crippen molar-refractivity contribution in [2.75, 3.05) is 13.2 Å². The molecular formula is C13H12FNO3. The molecule has 0 aliphatic carbocycles. The monoisotopic (exact) mass is 249 g/mol. The van der Waals surface area contributed by atoms with Crippen molar-refractivity contribution in [2.45, 2.75) is 0 Å². The van der Waals surface area contributed by atoms with Crippen molar-refractivity contribution < 1.29 is 18.7 Å². The number of rotatable bonds is 5. The molecule has 0 unspecified atom stereocenters. The highest BCUT2D eigenvalue weighted by Gasteiger charge is 2.07. The third-order valence-electron chi connectivity index (χ3n) is 2.23. The molecule has 0 saturated carbocycles. The van der Waals surface area contributed by atoms with Gasteiger partial charge in [-0.2, -0.15) is 0 Å². The minimum absolute atomic E-state index is 0.0617. The summed E-state index contributed by atoms with van der Waals surface area (Å²) in [5, 5.41) is 0. The molecule has 2 rings (SSSR count). The molecule has 0 aliphatic rings. The van der Waals surface area contributed by atoms with Gasteiger partial charge in [0.1, 0.15) is 18.9 Å². The van der Waals surface area contributed by atoms with Gasteiger partial charge in [-0.15, -0.1) is 0 Å². The molecule has 0 fully saturated rings. The zero-order valence-corrected chi connectivity index (χ0v) is 9.56. The first-order valence-corrected chi connectivity index (χ1v) is 5.45. The minimum Gasteiger partial charge on any atom is -0.487 e. The molecule has 18 heavy (non-hydrogen) atoms. The summed E-state index contributed by atoms with van der Waals surface area (Å²) in [4.78, 5) is 14.1. The molecule has 1 aromatic heterocycles. The number of hydrogen-bond acceptors (Lipinski definition) is 3. The van der Waals surface area contributed by atoms with Crippen molar-refractivity contribution in [1.82, 2.24) is 4.98 Å². The van der Waals surface area contributed by atoms with Gasteiger partial charge in [0.2, 0.25) is 0 Å². The van der Waals surface area contributed by atoms with E-state index in [-0.39, 0.29) is 19.0 Å². The lowest BCUT2D eigenvalue weighted by molar-refractivity contribution is 0.0442. The highest BCUT2D eigenvalue weighted by atomic mass is 19.1. The summed E-state index contributed by atoms with van der Waals surface area (Å²) in [5.41, 5.74) is 0.376. The summed E-state index contributed by atoms with van der Waals surface area (Å²) >= 11 is 0. The summed E-state index contributed by atoms with van der Waals surface area (Å²) in [7, 11) is 0. The number of hydrogen-bond donors (Lipinski definition) is 1. The van der Waals surface area contributed by atoms with Gasteiger partial charge in [-0.3, -0.25) is 0 Å². The second-order valence-electron chi connectivity index (χ2n) is 3.50. The number of carbonyl (C=O) groups is 1. The van der Waals surface area contributed by atoms with Gasteiger partial charge in [0.15, 0.2) is 11.6 Å². The normalized spacial score (nSPS) is 10.1. The standard InChI is InChI=1S/C13H12FNO3/c14-10-4-1-2-6-12(10)17-8-9-18-13(16)11-5-3-7-15-11/h1-7,15H,8-9H2. The quantitative estimate of drug-likeness (QED) is 0.654. The summed E-state index contributed by atoms with van der Waals surface area (Å²) < 4.78 is 23.2. The van der Waals surface area contributed by atoms with Crippen molar-refractivity contribution in [3.8, 4) is 5.75 Å². The SMILES string of the molecule is O=C(OCCOc1ccccc1F)c1ccc[nH]1. The lowest BCUT2D eigenvalue weighted by Gasteiger charge is -2.07. The van der Waals surface area contributed by atoms with Crippen LogP contribution in [0.2, 0.25) is 0 Å². The van der Waals surface area contributed by atoms with Crippen molar-refractivity contribution >= 4 is 5.97 Å². The van der Waals surface area contributed by atoms with Gasteiger partial charge in [-0.1, -0.05) is 12.1 Å². The van der Waals surface area contributed by atoms with Gasteiger partial charge in [0.05, 0.1) is 0 Å². The van der Waals surface area contributed by atoms with Crippen LogP contribution in [0.5, 0.6) is 5.75 Å². The zero-order valence-electron chi connectivity index (χ0n) is 9.56. The molecular weight excluding hydrogens is 237 g/mol. The van der Waals surface area contributed by atoms with E-state index < -0.39 is 11.8 Å². The van der Waals surface area contributed by atoms with Crippen LogP contribution in [0.1, 0.15) is 10.5 Å². The van der Waals surface area contributed by atoms with Crippen LogP contribution in [0.3, 0.4) is 0 Å². The molecule has 1 aromatic carbocycles. The Bertz CT molecular complexity index is 511. The molecule has 0 saturated heterocycles.